The molecule has 0 aliphatic heterocycles. The Morgan fingerprint density at radius 3 is 2.42 bits per heavy atom. The highest BCUT2D eigenvalue weighted by Gasteiger charge is 2.18. The molecule has 0 radical (unpaired) electrons. The van der Waals surface area contributed by atoms with E-state index >= 15 is 0 Å². The van der Waals surface area contributed by atoms with E-state index in [0.717, 1.165) is 0 Å². The number of hydrogen-bond donors (Lipinski definition) is 0. The molecule has 5 nitrogen and oxygen atoms in total. The van der Waals surface area contributed by atoms with Crippen molar-refractivity contribution in [3.63, 3.8) is 0 Å². The fourth-order valence-corrected chi connectivity index (χ4v) is 3.46. The summed E-state index contributed by atoms with van der Waals surface area (Å²) in [6.07, 6.45) is 1.57. The highest BCUT2D eigenvalue weighted by atomic mass is 35.5. The Morgan fingerprint density at radius 2 is 1.68 bits per heavy atom. The number of halogens is 3. The number of fused-ring (bicyclic) bond motifs is 1. The standard InChI is InChI=1S/C23H12ClF2N3O2/c24-19-10-5-13(11-20(19)26)21-27-22(31-28-21)18-12-29(15-8-6-14(25)7-9-15)23(30)17-4-2-1-3-16(17)18/h1-12H. The molecule has 2 heterocycles. The molecule has 0 bridgehead atoms. The SMILES string of the molecule is O=c1c2ccccc2c(-c2nc(-c3ccc(Cl)c(F)c3)no2)cn1-c1ccc(F)cc1. The first-order chi connectivity index (χ1) is 15.0. The summed E-state index contributed by atoms with van der Waals surface area (Å²) in [6.45, 7) is 0. The Kier molecular flexibility index (Phi) is 4.60. The second-order valence-corrected chi connectivity index (χ2v) is 7.20. The van der Waals surface area contributed by atoms with Crippen LogP contribution in [0.5, 0.6) is 0 Å². The minimum Gasteiger partial charge on any atom is -0.334 e. The van der Waals surface area contributed by atoms with Crippen molar-refractivity contribution in [3.8, 4) is 28.5 Å². The van der Waals surface area contributed by atoms with Gasteiger partial charge in [0.25, 0.3) is 11.4 Å². The molecular formula is C23H12ClF2N3O2. The van der Waals surface area contributed by atoms with Gasteiger partial charge in [-0.15, -0.1) is 0 Å². The monoisotopic (exact) mass is 435 g/mol. The zero-order chi connectivity index (χ0) is 21.5. The van der Waals surface area contributed by atoms with Crippen molar-refractivity contribution in [1.82, 2.24) is 14.7 Å². The van der Waals surface area contributed by atoms with Crippen LogP contribution in [0.2, 0.25) is 5.02 Å². The van der Waals surface area contributed by atoms with Crippen molar-refractivity contribution >= 4 is 22.4 Å². The lowest BCUT2D eigenvalue weighted by Crippen LogP contribution is -2.18. The Morgan fingerprint density at radius 1 is 0.935 bits per heavy atom. The number of benzene rings is 3. The van der Waals surface area contributed by atoms with Crippen LogP contribution in [0.1, 0.15) is 0 Å². The van der Waals surface area contributed by atoms with E-state index in [1.807, 2.05) is 0 Å². The number of rotatable bonds is 3. The van der Waals surface area contributed by atoms with Gasteiger partial charge in [0.1, 0.15) is 11.6 Å². The van der Waals surface area contributed by atoms with Crippen LogP contribution in [-0.4, -0.2) is 14.7 Å². The summed E-state index contributed by atoms with van der Waals surface area (Å²) in [5.74, 6) is -0.679. The van der Waals surface area contributed by atoms with Gasteiger partial charge in [-0.1, -0.05) is 35.0 Å². The molecule has 0 spiro atoms. The van der Waals surface area contributed by atoms with E-state index in [9.17, 15) is 13.6 Å². The zero-order valence-electron chi connectivity index (χ0n) is 15.7. The van der Waals surface area contributed by atoms with Crippen molar-refractivity contribution in [3.05, 3.63) is 99.9 Å². The number of pyridine rings is 1. The Hall–Kier alpha value is -3.84. The molecular weight excluding hydrogens is 424 g/mol. The first kappa shape index (κ1) is 19.1. The predicted octanol–water partition coefficient (Wildman–Crippen LogP) is 5.64. The molecule has 0 N–H and O–H groups in total. The van der Waals surface area contributed by atoms with Gasteiger partial charge in [0.05, 0.1) is 10.6 Å². The normalized spacial score (nSPS) is 11.2. The van der Waals surface area contributed by atoms with E-state index < -0.39 is 11.6 Å². The third-order valence-corrected chi connectivity index (χ3v) is 5.17. The molecule has 0 saturated heterocycles. The predicted molar refractivity (Wildman–Crippen MR) is 113 cm³/mol. The van der Waals surface area contributed by atoms with Crippen molar-refractivity contribution in [2.45, 2.75) is 0 Å². The smallest absolute Gasteiger partial charge is 0.262 e. The molecule has 0 aliphatic rings. The average molecular weight is 436 g/mol. The van der Waals surface area contributed by atoms with Crippen LogP contribution in [0, 0.1) is 11.6 Å². The molecule has 8 heteroatoms. The van der Waals surface area contributed by atoms with E-state index in [4.69, 9.17) is 16.1 Å². The van der Waals surface area contributed by atoms with Crippen molar-refractivity contribution < 1.29 is 13.3 Å². The maximum Gasteiger partial charge on any atom is 0.262 e. The summed E-state index contributed by atoms with van der Waals surface area (Å²) in [5.41, 5.74) is 1.11. The summed E-state index contributed by atoms with van der Waals surface area (Å²) >= 11 is 5.74. The van der Waals surface area contributed by atoms with Crippen LogP contribution >= 0.6 is 11.6 Å². The first-order valence-corrected chi connectivity index (χ1v) is 9.59. The van der Waals surface area contributed by atoms with Gasteiger partial charge in [0.15, 0.2) is 0 Å². The summed E-state index contributed by atoms with van der Waals surface area (Å²) < 4.78 is 34.0. The zero-order valence-corrected chi connectivity index (χ0v) is 16.5. The number of aromatic nitrogens is 3. The van der Waals surface area contributed by atoms with Crippen molar-refractivity contribution in [1.29, 1.82) is 0 Å². The highest BCUT2D eigenvalue weighted by Crippen LogP contribution is 2.29. The van der Waals surface area contributed by atoms with Gasteiger partial charge in [-0.3, -0.25) is 9.36 Å². The molecule has 5 aromatic rings. The third kappa shape index (κ3) is 3.39. The Balaban J connectivity index is 1.71. The molecule has 31 heavy (non-hydrogen) atoms. The molecule has 0 saturated carbocycles. The molecule has 0 amide bonds. The van der Waals surface area contributed by atoms with Crippen LogP contribution in [0.3, 0.4) is 0 Å². The molecule has 0 atom stereocenters. The van der Waals surface area contributed by atoms with Gasteiger partial charge in [-0.25, -0.2) is 8.78 Å². The lowest BCUT2D eigenvalue weighted by atomic mass is 10.1. The number of nitrogens with zero attached hydrogens (tertiary/aromatic N) is 3. The minimum absolute atomic E-state index is 0.00941. The van der Waals surface area contributed by atoms with Crippen LogP contribution in [0.4, 0.5) is 8.78 Å². The topological polar surface area (TPSA) is 60.9 Å². The summed E-state index contributed by atoms with van der Waals surface area (Å²) in [5, 5.41) is 4.98. The van der Waals surface area contributed by atoms with Crippen LogP contribution in [0.15, 0.2) is 82.2 Å². The third-order valence-electron chi connectivity index (χ3n) is 4.86. The molecule has 0 aliphatic carbocycles. The first-order valence-electron chi connectivity index (χ1n) is 9.21. The van der Waals surface area contributed by atoms with E-state index in [2.05, 4.69) is 10.1 Å². The molecule has 0 fully saturated rings. The molecule has 152 valence electrons. The Bertz CT molecular complexity index is 1490. The largest absolute Gasteiger partial charge is 0.334 e. The summed E-state index contributed by atoms with van der Waals surface area (Å²) in [7, 11) is 0. The average Bonchev–Trinajstić information content (AvgIpc) is 3.27. The van der Waals surface area contributed by atoms with Gasteiger partial charge in [0.2, 0.25) is 5.82 Å². The second-order valence-electron chi connectivity index (χ2n) is 6.79. The lowest BCUT2D eigenvalue weighted by Gasteiger charge is -2.10. The maximum atomic E-state index is 13.8. The minimum atomic E-state index is -0.596. The van der Waals surface area contributed by atoms with Gasteiger partial charge in [-0.2, -0.15) is 4.98 Å². The van der Waals surface area contributed by atoms with Gasteiger partial charge in [-0.05, 0) is 48.5 Å². The quantitative estimate of drug-likeness (QED) is 0.368. The maximum absolute atomic E-state index is 13.8. The van der Waals surface area contributed by atoms with Gasteiger partial charge >= 0.3 is 0 Å². The Labute approximate surface area is 179 Å². The van der Waals surface area contributed by atoms with E-state index in [-0.39, 0.29) is 22.3 Å². The van der Waals surface area contributed by atoms with Gasteiger partial charge < -0.3 is 4.52 Å². The second kappa shape index (κ2) is 7.45. The fraction of sp³-hybridized carbons (Fsp3) is 0. The lowest BCUT2D eigenvalue weighted by molar-refractivity contribution is 0.432. The van der Waals surface area contributed by atoms with Gasteiger partial charge in [0, 0.05) is 28.2 Å². The molecule has 5 rings (SSSR count). The van der Waals surface area contributed by atoms with Crippen LogP contribution in [-0.2, 0) is 0 Å². The highest BCUT2D eigenvalue weighted by molar-refractivity contribution is 6.30. The van der Waals surface area contributed by atoms with Crippen molar-refractivity contribution in [2.75, 3.05) is 0 Å². The van der Waals surface area contributed by atoms with Crippen molar-refractivity contribution in [2.24, 2.45) is 0 Å². The molecule has 2 aromatic heterocycles. The van der Waals surface area contributed by atoms with Crippen LogP contribution in [0.25, 0.3) is 39.3 Å². The van der Waals surface area contributed by atoms with E-state index in [1.54, 1.807) is 36.5 Å². The van der Waals surface area contributed by atoms with Crippen LogP contribution < -0.4 is 5.56 Å². The fourth-order valence-electron chi connectivity index (χ4n) is 3.34. The molecule has 3 aromatic carbocycles. The summed E-state index contributed by atoms with van der Waals surface area (Å²) in [4.78, 5) is 17.4. The number of hydrogen-bond acceptors (Lipinski definition) is 4. The van der Waals surface area contributed by atoms with E-state index in [0.29, 0.717) is 27.6 Å². The molecule has 0 unspecified atom stereocenters. The van der Waals surface area contributed by atoms with E-state index in [1.165, 1.54) is 41.0 Å². The summed E-state index contributed by atoms with van der Waals surface area (Å²) in [6, 6.07) is 16.8.